The molecule has 0 fully saturated rings. The van der Waals surface area contributed by atoms with Gasteiger partial charge in [-0.3, -0.25) is 9.59 Å². The molecular formula is C86H89N7O11. The second-order valence-corrected chi connectivity index (χ2v) is 25.0. The standard InChI is InChI=1S/C18H17NO.C14H16N2O.C14H15NO3.C14H15NO2.2C13H13NO2/c1-14-8-9-15(2)19(14)16-10-12-18(13-11-16)20-17-6-4-3-5-7-17;1-10-4-5-11(2)16(10)14-8-6-13(7-9-14)15-12(3)17;1-10-3-4-11(2)15(10)12-5-7-13(8-6-12)18-9-14(16)17;1-10-3-4-11(2)15(10)13-7-5-12(6-8-13)9-14(16)17;1-9-3-4-10(2)14(9)12-7-5-11(6-8-12)13(15)16;1-9-6-7-10(2)14(9)12-5-3-4-11(8-12)13(15)16/h3-13H,1-2H3;4-9H,1-3H3,(H,15,17);3-8H,9H2,1-2H3,(H,16,17);3-8H,9H2,1-2H3,(H,16,17);2*3-8H,1-2H3,(H,15,16). The summed E-state index contributed by atoms with van der Waals surface area (Å²) in [5.74, 6) is -1.36. The van der Waals surface area contributed by atoms with Crippen molar-refractivity contribution < 1.29 is 53.9 Å². The van der Waals surface area contributed by atoms with Crippen LogP contribution in [0.25, 0.3) is 34.1 Å². The fourth-order valence-electron chi connectivity index (χ4n) is 11.9. The van der Waals surface area contributed by atoms with E-state index in [9.17, 15) is 24.0 Å². The van der Waals surface area contributed by atoms with Gasteiger partial charge in [0.2, 0.25) is 5.91 Å². The lowest BCUT2D eigenvalue weighted by Crippen LogP contribution is -2.09. The molecule has 7 aromatic carbocycles. The van der Waals surface area contributed by atoms with Gasteiger partial charge < -0.3 is 62.6 Å². The molecule has 6 heterocycles. The minimum absolute atomic E-state index is 0.0499. The molecule has 0 aliphatic heterocycles. The minimum atomic E-state index is -0.976. The number of nitrogens with zero attached hydrogens (tertiary/aromatic N) is 6. The Kier molecular flexibility index (Phi) is 26.6. The van der Waals surface area contributed by atoms with Gasteiger partial charge >= 0.3 is 23.9 Å². The van der Waals surface area contributed by atoms with E-state index in [-0.39, 0.29) is 18.9 Å². The fraction of sp³-hybridized carbons (Fsp3) is 0.174. The number of anilines is 1. The predicted molar refractivity (Wildman–Crippen MR) is 411 cm³/mol. The summed E-state index contributed by atoms with van der Waals surface area (Å²) in [5.41, 5.74) is 22.5. The first-order valence-electron chi connectivity index (χ1n) is 33.7. The van der Waals surface area contributed by atoms with Crippen molar-refractivity contribution in [2.24, 2.45) is 0 Å². The lowest BCUT2D eigenvalue weighted by atomic mass is 10.1. The number of aromatic nitrogens is 6. The second kappa shape index (κ2) is 36.0. The Hall–Kier alpha value is -12.8. The van der Waals surface area contributed by atoms with E-state index in [0.29, 0.717) is 16.9 Å². The van der Waals surface area contributed by atoms with E-state index in [1.54, 1.807) is 42.5 Å². The van der Waals surface area contributed by atoms with Gasteiger partial charge in [-0.05, 0) is 301 Å². The number of amides is 1. The number of para-hydroxylation sites is 1. The fourth-order valence-corrected chi connectivity index (χ4v) is 11.9. The van der Waals surface area contributed by atoms with Crippen molar-refractivity contribution in [1.82, 2.24) is 27.4 Å². The van der Waals surface area contributed by atoms with E-state index >= 15 is 0 Å². The first-order valence-corrected chi connectivity index (χ1v) is 33.7. The van der Waals surface area contributed by atoms with Gasteiger partial charge in [-0.15, -0.1) is 0 Å². The van der Waals surface area contributed by atoms with Crippen LogP contribution in [0.3, 0.4) is 0 Å². The zero-order valence-electron chi connectivity index (χ0n) is 60.9. The number of nitrogens with one attached hydrogen (secondary N) is 1. The topological polar surface area (TPSA) is 226 Å². The van der Waals surface area contributed by atoms with Gasteiger partial charge in [-0.25, -0.2) is 14.4 Å². The number of benzene rings is 7. The summed E-state index contributed by atoms with van der Waals surface area (Å²) >= 11 is 0. The van der Waals surface area contributed by atoms with E-state index in [4.69, 9.17) is 29.9 Å². The predicted octanol–water partition coefficient (Wildman–Crippen LogP) is 18.8. The molecule has 1 amide bonds. The molecule has 0 atom stereocenters. The number of rotatable bonds is 16. The van der Waals surface area contributed by atoms with E-state index in [1.165, 1.54) is 41.1 Å². The van der Waals surface area contributed by atoms with Gasteiger partial charge in [0.1, 0.15) is 17.2 Å². The Morgan fingerprint density at radius 3 is 0.942 bits per heavy atom. The summed E-state index contributed by atoms with van der Waals surface area (Å²) in [7, 11) is 0. The summed E-state index contributed by atoms with van der Waals surface area (Å²) in [5, 5.41) is 37.7. The smallest absolute Gasteiger partial charge is 0.341 e. The Bertz CT molecular complexity index is 4810. The zero-order chi connectivity index (χ0) is 75.3. The molecule has 0 saturated heterocycles. The van der Waals surface area contributed by atoms with Crippen LogP contribution in [0.15, 0.2) is 249 Å². The number of ether oxygens (including phenoxy) is 2. The van der Waals surface area contributed by atoms with Crippen LogP contribution in [-0.2, 0) is 20.8 Å². The third-order valence-electron chi connectivity index (χ3n) is 16.9. The summed E-state index contributed by atoms with van der Waals surface area (Å²) in [6, 6.07) is 79.5. The first-order chi connectivity index (χ1) is 49.6. The van der Waals surface area contributed by atoms with Crippen LogP contribution in [0, 0.1) is 83.1 Å². The minimum Gasteiger partial charge on any atom is -0.482 e. The quantitative estimate of drug-likeness (QED) is 0.0611. The van der Waals surface area contributed by atoms with Crippen molar-refractivity contribution in [3.63, 3.8) is 0 Å². The Labute approximate surface area is 607 Å². The summed E-state index contributed by atoms with van der Waals surface area (Å²) in [4.78, 5) is 53.5. The summed E-state index contributed by atoms with van der Waals surface area (Å²) in [6.07, 6.45) is 0.0733. The molecule has 5 N–H and O–H groups in total. The van der Waals surface area contributed by atoms with Crippen molar-refractivity contribution in [3.8, 4) is 51.4 Å². The molecule has 6 aromatic heterocycles. The third kappa shape index (κ3) is 20.9. The molecule has 13 rings (SSSR count). The third-order valence-corrected chi connectivity index (χ3v) is 16.9. The highest BCUT2D eigenvalue weighted by Crippen LogP contribution is 2.27. The van der Waals surface area contributed by atoms with Crippen LogP contribution in [0.4, 0.5) is 5.69 Å². The van der Waals surface area contributed by atoms with E-state index in [1.807, 2.05) is 192 Å². The Balaban J connectivity index is 0.000000158. The van der Waals surface area contributed by atoms with E-state index in [2.05, 4.69) is 130 Å². The molecule has 0 bridgehead atoms. The van der Waals surface area contributed by atoms with Gasteiger partial charge in [0.25, 0.3) is 0 Å². The molecule has 534 valence electrons. The molecule has 0 aliphatic carbocycles. The van der Waals surface area contributed by atoms with Gasteiger partial charge in [0, 0.05) is 115 Å². The highest BCUT2D eigenvalue weighted by atomic mass is 16.5. The number of carboxylic acid groups (broad SMARTS) is 4. The molecule has 0 aliphatic rings. The Morgan fingerprint density at radius 1 is 0.308 bits per heavy atom. The van der Waals surface area contributed by atoms with Crippen LogP contribution in [0.1, 0.15) is 102 Å². The zero-order valence-corrected chi connectivity index (χ0v) is 60.9. The normalized spacial score (nSPS) is 10.4. The molecule has 104 heavy (non-hydrogen) atoms. The number of hydrogen-bond acceptors (Lipinski definition) is 7. The average molecular weight is 1400 g/mol. The molecule has 0 saturated carbocycles. The molecule has 0 unspecified atom stereocenters. The number of aryl methyl sites for hydroxylation is 12. The molecular weight excluding hydrogens is 1310 g/mol. The number of aromatic carboxylic acids is 2. The van der Waals surface area contributed by atoms with Crippen LogP contribution >= 0.6 is 0 Å². The van der Waals surface area contributed by atoms with Crippen molar-refractivity contribution >= 4 is 35.5 Å². The van der Waals surface area contributed by atoms with E-state index < -0.39 is 23.9 Å². The average Bonchev–Trinajstić information content (AvgIpc) is 1.70. The number of aliphatic carboxylic acids is 2. The summed E-state index contributed by atoms with van der Waals surface area (Å²) < 4.78 is 23.7. The van der Waals surface area contributed by atoms with Gasteiger partial charge in [-0.2, -0.15) is 0 Å². The number of carbonyl (C=O) groups excluding carboxylic acids is 1. The number of hydrogen-bond donors (Lipinski definition) is 5. The molecule has 18 nitrogen and oxygen atoms in total. The van der Waals surface area contributed by atoms with Gasteiger partial charge in [0.05, 0.1) is 17.5 Å². The maximum Gasteiger partial charge on any atom is 0.341 e. The lowest BCUT2D eigenvalue weighted by molar-refractivity contribution is -0.139. The molecule has 0 spiro atoms. The molecule has 13 aromatic rings. The van der Waals surface area contributed by atoms with Crippen molar-refractivity contribution in [2.75, 3.05) is 11.9 Å². The van der Waals surface area contributed by atoms with Crippen LogP contribution in [0.2, 0.25) is 0 Å². The lowest BCUT2D eigenvalue weighted by Gasteiger charge is -2.11. The van der Waals surface area contributed by atoms with Crippen LogP contribution in [0.5, 0.6) is 17.2 Å². The van der Waals surface area contributed by atoms with Crippen molar-refractivity contribution in [1.29, 1.82) is 0 Å². The highest BCUT2D eigenvalue weighted by molar-refractivity contribution is 5.89. The van der Waals surface area contributed by atoms with Crippen molar-refractivity contribution in [3.05, 3.63) is 334 Å². The van der Waals surface area contributed by atoms with Gasteiger partial charge in [0.15, 0.2) is 6.61 Å². The highest BCUT2D eigenvalue weighted by Gasteiger charge is 2.12. The van der Waals surface area contributed by atoms with E-state index in [0.717, 1.165) is 91.0 Å². The maximum atomic E-state index is 10.9. The number of carbonyl (C=O) groups is 5. The summed E-state index contributed by atoms with van der Waals surface area (Å²) in [6.45, 7) is 25.8. The van der Waals surface area contributed by atoms with Crippen molar-refractivity contribution in [2.45, 2.75) is 96.4 Å². The molecule has 18 heteroatoms. The SMILES string of the molecule is CC(=O)Nc1ccc(-n2c(C)ccc2C)cc1.Cc1ccc(C)n1-c1ccc(C(=O)O)cc1.Cc1ccc(C)n1-c1ccc(CC(=O)O)cc1.Cc1ccc(C)n1-c1ccc(OCC(=O)O)cc1.Cc1ccc(C)n1-c1ccc(Oc2ccccc2)cc1.Cc1ccc(C)n1-c1cccc(C(=O)O)c1. The monoisotopic (exact) mass is 1400 g/mol. The largest absolute Gasteiger partial charge is 0.482 e. The van der Waals surface area contributed by atoms with Crippen LogP contribution in [-0.4, -0.2) is 84.2 Å². The number of carboxylic acids is 4. The maximum absolute atomic E-state index is 10.9. The second-order valence-electron chi connectivity index (χ2n) is 25.0. The van der Waals surface area contributed by atoms with Gasteiger partial charge in [-0.1, -0.05) is 36.4 Å². The Morgan fingerprint density at radius 2 is 0.615 bits per heavy atom. The van der Waals surface area contributed by atoms with Crippen LogP contribution < -0.4 is 14.8 Å². The molecule has 0 radical (unpaired) electrons. The first kappa shape index (κ1) is 76.9.